The summed E-state index contributed by atoms with van der Waals surface area (Å²) >= 11 is 1.14. The van der Waals surface area contributed by atoms with Crippen LogP contribution in [0.4, 0.5) is 9.18 Å². The Labute approximate surface area is 195 Å². The second kappa shape index (κ2) is 11.8. The van der Waals surface area contributed by atoms with Gasteiger partial charge in [-0.1, -0.05) is 60.3 Å². The zero-order valence-corrected chi connectivity index (χ0v) is 18.8. The molecule has 0 saturated heterocycles. The van der Waals surface area contributed by atoms with Gasteiger partial charge in [-0.2, -0.15) is 0 Å². The lowest BCUT2D eigenvalue weighted by Gasteiger charge is -2.13. The van der Waals surface area contributed by atoms with Gasteiger partial charge in [-0.15, -0.1) is 16.8 Å². The molecule has 0 aliphatic carbocycles. The zero-order chi connectivity index (χ0) is 23.6. The number of nitrogens with zero attached hydrogens (tertiary/aromatic N) is 3. The van der Waals surface area contributed by atoms with Crippen LogP contribution >= 0.6 is 11.8 Å². The van der Waals surface area contributed by atoms with Crippen molar-refractivity contribution >= 4 is 23.7 Å². The van der Waals surface area contributed by atoms with Crippen LogP contribution < -0.4 is 15.4 Å². The van der Waals surface area contributed by atoms with Crippen LogP contribution in [0, 0.1) is 5.82 Å². The van der Waals surface area contributed by atoms with Crippen LogP contribution in [-0.2, 0) is 24.5 Å². The topological polar surface area (TPSA) is 98.1 Å². The maximum Gasteiger partial charge on any atom is 0.321 e. The summed E-state index contributed by atoms with van der Waals surface area (Å²) < 4.78 is 21.0. The smallest absolute Gasteiger partial charge is 0.321 e. The third-order valence-corrected chi connectivity index (χ3v) is 5.56. The molecule has 2 aromatic carbocycles. The first-order chi connectivity index (χ1) is 16.0. The Morgan fingerprint density at radius 1 is 1.18 bits per heavy atom. The molecule has 3 rings (SSSR count). The predicted molar refractivity (Wildman–Crippen MR) is 123 cm³/mol. The number of nitrogens with one attached hydrogen (secondary N) is 2. The van der Waals surface area contributed by atoms with E-state index in [4.69, 9.17) is 4.74 Å². The Kier molecular flexibility index (Phi) is 8.59. The fourth-order valence-corrected chi connectivity index (χ4v) is 3.65. The van der Waals surface area contributed by atoms with Gasteiger partial charge in [0.2, 0.25) is 5.91 Å². The Morgan fingerprint density at radius 2 is 1.91 bits per heavy atom. The third kappa shape index (κ3) is 6.91. The van der Waals surface area contributed by atoms with Crippen molar-refractivity contribution in [2.75, 3.05) is 0 Å². The number of ether oxygens (including phenoxy) is 1. The van der Waals surface area contributed by atoms with E-state index in [1.807, 2.05) is 30.3 Å². The highest BCUT2D eigenvalue weighted by Crippen LogP contribution is 2.24. The lowest BCUT2D eigenvalue weighted by molar-refractivity contribution is -0.119. The van der Waals surface area contributed by atoms with Crippen molar-refractivity contribution in [3.63, 3.8) is 0 Å². The minimum Gasteiger partial charge on any atom is -0.483 e. The van der Waals surface area contributed by atoms with Crippen LogP contribution in [0.5, 0.6) is 5.75 Å². The molecule has 172 valence electrons. The molecular formula is C23H24FN5O3S. The fourth-order valence-electron chi connectivity index (χ4n) is 2.78. The number of thioether (sulfide) groups is 1. The van der Waals surface area contributed by atoms with Crippen molar-refractivity contribution in [2.24, 2.45) is 0 Å². The summed E-state index contributed by atoms with van der Waals surface area (Å²) in [7, 11) is 0. The molecule has 3 aromatic rings. The number of hydrogen-bond acceptors (Lipinski definition) is 6. The van der Waals surface area contributed by atoms with E-state index in [0.29, 0.717) is 24.1 Å². The molecule has 10 heteroatoms. The zero-order valence-electron chi connectivity index (χ0n) is 18.0. The van der Waals surface area contributed by atoms with Crippen LogP contribution in [0.15, 0.2) is 72.4 Å². The lowest BCUT2D eigenvalue weighted by atomic mass is 10.2. The molecule has 0 radical (unpaired) electrons. The molecule has 1 unspecified atom stereocenters. The summed E-state index contributed by atoms with van der Waals surface area (Å²) in [6, 6.07) is 14.9. The molecule has 2 N–H and O–H groups in total. The van der Waals surface area contributed by atoms with Gasteiger partial charge in [0, 0.05) is 13.1 Å². The third-order valence-electron chi connectivity index (χ3n) is 4.48. The first kappa shape index (κ1) is 24.0. The van der Waals surface area contributed by atoms with Crippen molar-refractivity contribution < 1.29 is 18.7 Å². The SMILES string of the molecule is C=CCn1c(COc2ccccc2F)nnc1SC(C)C(=O)NC(=O)NCc1ccccc1. The van der Waals surface area contributed by atoms with Crippen LogP contribution in [0.1, 0.15) is 18.3 Å². The predicted octanol–water partition coefficient (Wildman–Crippen LogP) is 3.69. The van der Waals surface area contributed by atoms with Crippen LogP contribution in [0.3, 0.4) is 0 Å². The van der Waals surface area contributed by atoms with Crippen LogP contribution in [-0.4, -0.2) is 32.0 Å². The molecule has 1 heterocycles. The molecule has 0 aliphatic heterocycles. The molecular weight excluding hydrogens is 445 g/mol. The van der Waals surface area contributed by atoms with Gasteiger partial charge in [0.05, 0.1) is 5.25 Å². The molecule has 0 spiro atoms. The van der Waals surface area contributed by atoms with Gasteiger partial charge in [0.25, 0.3) is 0 Å². The summed E-state index contributed by atoms with van der Waals surface area (Å²) in [4.78, 5) is 24.5. The molecule has 0 bridgehead atoms. The summed E-state index contributed by atoms with van der Waals surface area (Å²) in [5.41, 5.74) is 0.921. The molecule has 8 nitrogen and oxygen atoms in total. The average molecular weight is 470 g/mol. The van der Waals surface area contributed by atoms with Gasteiger partial charge in [0.1, 0.15) is 6.61 Å². The number of benzene rings is 2. The highest BCUT2D eigenvalue weighted by molar-refractivity contribution is 8.00. The first-order valence-electron chi connectivity index (χ1n) is 10.2. The minimum atomic E-state index is -0.624. The number of allylic oxidation sites excluding steroid dienone is 1. The summed E-state index contributed by atoms with van der Waals surface area (Å²) in [5.74, 6) is -0.386. The van der Waals surface area contributed by atoms with Gasteiger partial charge < -0.3 is 10.1 Å². The first-order valence-corrected chi connectivity index (χ1v) is 11.1. The number of hydrogen-bond donors (Lipinski definition) is 2. The number of amides is 3. The van der Waals surface area contributed by atoms with Crippen molar-refractivity contribution in [3.8, 4) is 5.75 Å². The van der Waals surface area contributed by atoms with E-state index >= 15 is 0 Å². The average Bonchev–Trinajstić information content (AvgIpc) is 3.19. The number of carbonyl (C=O) groups excluding carboxylic acids is 2. The van der Waals surface area contributed by atoms with Crippen molar-refractivity contribution in [2.45, 2.75) is 37.0 Å². The Balaban J connectivity index is 1.57. The fraction of sp³-hybridized carbons (Fsp3) is 0.217. The van der Waals surface area contributed by atoms with E-state index in [9.17, 15) is 14.0 Å². The van der Waals surface area contributed by atoms with E-state index in [2.05, 4.69) is 27.4 Å². The van der Waals surface area contributed by atoms with Gasteiger partial charge in [-0.05, 0) is 24.6 Å². The van der Waals surface area contributed by atoms with E-state index in [-0.39, 0.29) is 12.4 Å². The number of para-hydroxylation sites is 1. The van der Waals surface area contributed by atoms with Gasteiger partial charge in [0.15, 0.2) is 22.5 Å². The Morgan fingerprint density at radius 3 is 2.64 bits per heavy atom. The maximum atomic E-state index is 13.8. The van der Waals surface area contributed by atoms with E-state index in [1.165, 1.54) is 12.1 Å². The highest BCUT2D eigenvalue weighted by Gasteiger charge is 2.21. The van der Waals surface area contributed by atoms with Gasteiger partial charge in [-0.3, -0.25) is 14.7 Å². The van der Waals surface area contributed by atoms with Crippen LogP contribution in [0.2, 0.25) is 0 Å². The molecule has 1 atom stereocenters. The second-order valence-corrected chi connectivity index (χ2v) is 8.24. The van der Waals surface area contributed by atoms with E-state index in [0.717, 1.165) is 17.3 Å². The standard InChI is InChI=1S/C23H24FN5O3S/c1-3-13-29-20(15-32-19-12-8-7-11-18(19)24)27-28-23(29)33-16(2)21(30)26-22(31)25-14-17-9-5-4-6-10-17/h3-12,16H,1,13-15H2,2H3,(H2,25,26,30,31). The monoisotopic (exact) mass is 469 g/mol. The number of aromatic nitrogens is 3. The Bertz CT molecular complexity index is 1110. The summed E-state index contributed by atoms with van der Waals surface area (Å²) in [5, 5.41) is 13.0. The molecule has 3 amide bonds. The van der Waals surface area contributed by atoms with Gasteiger partial charge in [-0.25, -0.2) is 9.18 Å². The van der Waals surface area contributed by atoms with E-state index in [1.54, 1.807) is 29.7 Å². The van der Waals surface area contributed by atoms with Crippen molar-refractivity contribution in [3.05, 3.63) is 84.5 Å². The largest absolute Gasteiger partial charge is 0.483 e. The molecule has 1 aromatic heterocycles. The minimum absolute atomic E-state index is 0.00912. The summed E-state index contributed by atoms with van der Waals surface area (Å²) in [6.07, 6.45) is 1.65. The quantitative estimate of drug-likeness (QED) is 0.347. The second-order valence-electron chi connectivity index (χ2n) is 6.93. The molecule has 0 fully saturated rings. The molecule has 0 aliphatic rings. The molecule has 0 saturated carbocycles. The highest BCUT2D eigenvalue weighted by atomic mass is 32.2. The van der Waals surface area contributed by atoms with Crippen LogP contribution in [0.25, 0.3) is 0 Å². The molecule has 33 heavy (non-hydrogen) atoms. The number of rotatable bonds is 10. The number of urea groups is 1. The van der Waals surface area contributed by atoms with Gasteiger partial charge >= 0.3 is 6.03 Å². The normalized spacial score (nSPS) is 11.5. The number of halogens is 1. The number of carbonyl (C=O) groups is 2. The summed E-state index contributed by atoms with van der Waals surface area (Å²) in [6.45, 7) is 6.06. The van der Waals surface area contributed by atoms with Crippen molar-refractivity contribution in [1.29, 1.82) is 0 Å². The number of imide groups is 1. The van der Waals surface area contributed by atoms with Crippen molar-refractivity contribution in [1.82, 2.24) is 25.4 Å². The van der Waals surface area contributed by atoms with E-state index < -0.39 is 23.0 Å². The Hall–Kier alpha value is -3.66. The maximum absolute atomic E-state index is 13.8. The lowest BCUT2D eigenvalue weighted by Crippen LogP contribution is -2.42.